The number of nitrogens with one attached hydrogen (secondary N) is 1. The van der Waals surface area contributed by atoms with Crippen LogP contribution in [0, 0.1) is 17.8 Å². The van der Waals surface area contributed by atoms with Gasteiger partial charge in [0.05, 0.1) is 18.2 Å². The van der Waals surface area contributed by atoms with Gasteiger partial charge in [0.15, 0.2) is 0 Å². The smallest absolute Gasteiger partial charge is 0.317 e. The highest BCUT2D eigenvalue weighted by atomic mass is 16.7. The van der Waals surface area contributed by atoms with Crippen molar-refractivity contribution in [2.75, 3.05) is 47.1 Å². The number of hydrogen-bond acceptors (Lipinski definition) is 8. The molecule has 0 bridgehead atoms. The van der Waals surface area contributed by atoms with E-state index in [1.165, 1.54) is 0 Å². The van der Waals surface area contributed by atoms with Gasteiger partial charge in [0.25, 0.3) is 0 Å². The third-order valence-electron chi connectivity index (χ3n) is 9.53. The normalized spacial score (nSPS) is 27.0. The predicted octanol–water partition coefficient (Wildman–Crippen LogP) is 5.57. The van der Waals surface area contributed by atoms with Crippen LogP contribution in [-0.4, -0.2) is 85.8 Å². The Morgan fingerprint density at radius 3 is 2.57 bits per heavy atom. The van der Waals surface area contributed by atoms with Gasteiger partial charge < -0.3 is 39.5 Å². The Kier molecular flexibility index (Phi) is 13.1. The zero-order chi connectivity index (χ0) is 33.1. The Balaban J connectivity index is 1.98. The maximum absolute atomic E-state index is 13.6. The van der Waals surface area contributed by atoms with Crippen molar-refractivity contribution in [1.29, 1.82) is 0 Å². The zero-order valence-corrected chi connectivity index (χ0v) is 27.8. The van der Waals surface area contributed by atoms with E-state index in [2.05, 4.69) is 35.8 Å². The van der Waals surface area contributed by atoms with Crippen LogP contribution < -0.4 is 14.8 Å². The van der Waals surface area contributed by atoms with Crippen LogP contribution in [0.5, 0.6) is 11.5 Å². The SMILES string of the molecule is C=CCOc1ccc2c(c1)[C@H]1[C@H](CCCCO)[C@@H](CCCCO)C=C3C(=NOC)C[C@H](N(C)C(=O)NCCC)[C@@](OCC=C)(O2)[C@H]31. The first kappa shape index (κ1) is 35.5. The second kappa shape index (κ2) is 17.0. The number of urea groups is 1. The Morgan fingerprint density at radius 1 is 1.15 bits per heavy atom. The summed E-state index contributed by atoms with van der Waals surface area (Å²) in [6, 6.07) is 5.16. The van der Waals surface area contributed by atoms with Crippen molar-refractivity contribution in [2.45, 2.75) is 76.0 Å². The molecule has 1 aromatic rings. The minimum atomic E-state index is -1.25. The molecule has 1 aliphatic heterocycles. The van der Waals surface area contributed by atoms with Gasteiger partial charge in [-0.25, -0.2) is 4.79 Å². The van der Waals surface area contributed by atoms with Gasteiger partial charge in [-0.05, 0) is 67.7 Å². The number of hydrogen-bond donors (Lipinski definition) is 3. The highest BCUT2D eigenvalue weighted by molar-refractivity contribution is 6.03. The van der Waals surface area contributed by atoms with Crippen molar-refractivity contribution in [1.82, 2.24) is 10.2 Å². The van der Waals surface area contributed by atoms with E-state index in [1.54, 1.807) is 31.2 Å². The maximum atomic E-state index is 13.6. The number of allylic oxidation sites excluding steroid dienone is 1. The molecule has 1 fully saturated rings. The van der Waals surface area contributed by atoms with Crippen molar-refractivity contribution < 1.29 is 34.1 Å². The van der Waals surface area contributed by atoms with Gasteiger partial charge in [0, 0.05) is 44.7 Å². The van der Waals surface area contributed by atoms with Gasteiger partial charge in [-0.3, -0.25) is 0 Å². The van der Waals surface area contributed by atoms with E-state index in [4.69, 9.17) is 19.0 Å². The fourth-order valence-electron chi connectivity index (χ4n) is 7.58. The molecule has 2 aliphatic carbocycles. The van der Waals surface area contributed by atoms with Crippen LogP contribution in [0.2, 0.25) is 0 Å². The number of rotatable bonds is 18. The van der Waals surface area contributed by atoms with Crippen LogP contribution >= 0.6 is 0 Å². The maximum Gasteiger partial charge on any atom is 0.317 e. The summed E-state index contributed by atoms with van der Waals surface area (Å²) >= 11 is 0. The molecule has 0 unspecified atom stereocenters. The first-order valence-corrected chi connectivity index (χ1v) is 16.8. The quantitative estimate of drug-likeness (QED) is 0.109. The molecule has 3 aliphatic rings. The molecule has 2 amide bonds. The molecule has 1 heterocycles. The predicted molar refractivity (Wildman–Crippen MR) is 179 cm³/mol. The number of ether oxygens (including phenoxy) is 3. The van der Waals surface area contributed by atoms with E-state index in [1.807, 2.05) is 19.1 Å². The van der Waals surface area contributed by atoms with Crippen molar-refractivity contribution in [3.05, 3.63) is 60.7 Å². The molecule has 10 heteroatoms. The second-order valence-corrected chi connectivity index (χ2v) is 12.4. The second-order valence-electron chi connectivity index (χ2n) is 12.4. The number of likely N-dealkylation sites (N-methyl/N-ethyl adjacent to an activating group) is 1. The number of carbonyl (C=O) groups excluding carboxylic acids is 1. The molecule has 0 radical (unpaired) electrons. The van der Waals surface area contributed by atoms with Crippen LogP contribution in [0.3, 0.4) is 0 Å². The number of aliphatic hydroxyl groups excluding tert-OH is 2. The first-order valence-electron chi connectivity index (χ1n) is 16.8. The number of benzene rings is 1. The zero-order valence-electron chi connectivity index (χ0n) is 27.8. The summed E-state index contributed by atoms with van der Waals surface area (Å²) in [5, 5.41) is 26.9. The van der Waals surface area contributed by atoms with Crippen LogP contribution in [0.15, 0.2) is 60.3 Å². The molecular weight excluding hydrogens is 586 g/mol. The fourth-order valence-corrected chi connectivity index (χ4v) is 7.58. The van der Waals surface area contributed by atoms with E-state index in [0.717, 1.165) is 61.1 Å². The Morgan fingerprint density at radius 2 is 1.89 bits per heavy atom. The third kappa shape index (κ3) is 7.45. The van der Waals surface area contributed by atoms with Crippen LogP contribution in [0.1, 0.15) is 69.8 Å². The Labute approximate surface area is 274 Å². The van der Waals surface area contributed by atoms with Gasteiger partial charge in [0.1, 0.15) is 31.3 Å². The highest BCUT2D eigenvalue weighted by Crippen LogP contribution is 2.61. The molecule has 1 saturated carbocycles. The Hall–Kier alpha value is -3.34. The molecule has 254 valence electrons. The summed E-state index contributed by atoms with van der Waals surface area (Å²) in [7, 11) is 3.33. The van der Waals surface area contributed by atoms with Gasteiger partial charge >= 0.3 is 6.03 Å². The molecule has 0 spiro atoms. The van der Waals surface area contributed by atoms with E-state index >= 15 is 0 Å². The lowest BCUT2D eigenvalue weighted by molar-refractivity contribution is -0.252. The summed E-state index contributed by atoms with van der Waals surface area (Å²) in [6.45, 7) is 11.2. The van der Waals surface area contributed by atoms with Crippen molar-refractivity contribution in [3.8, 4) is 11.5 Å². The molecule has 3 N–H and O–H groups in total. The van der Waals surface area contributed by atoms with Gasteiger partial charge in [-0.1, -0.05) is 49.7 Å². The van der Waals surface area contributed by atoms with E-state index in [9.17, 15) is 15.0 Å². The number of oxime groups is 1. The molecule has 0 saturated heterocycles. The summed E-state index contributed by atoms with van der Waals surface area (Å²) < 4.78 is 19.9. The number of fused-ring (bicyclic) bond motifs is 2. The topological polar surface area (TPSA) is 122 Å². The molecule has 0 aromatic heterocycles. The van der Waals surface area contributed by atoms with E-state index in [0.29, 0.717) is 31.7 Å². The lowest BCUT2D eigenvalue weighted by Gasteiger charge is -2.59. The number of unbranched alkanes of at least 4 members (excludes halogenated alkanes) is 2. The minimum absolute atomic E-state index is 0.0874. The lowest BCUT2D eigenvalue weighted by Crippen LogP contribution is -2.70. The average Bonchev–Trinajstić information content (AvgIpc) is 3.07. The molecule has 46 heavy (non-hydrogen) atoms. The van der Waals surface area contributed by atoms with Crippen molar-refractivity contribution in [2.24, 2.45) is 22.9 Å². The van der Waals surface area contributed by atoms with Crippen molar-refractivity contribution in [3.63, 3.8) is 0 Å². The standard InChI is InChI=1S/C36H53N3O7/c1-6-17-37-35(42)39(4)32-24-30(38-43-5)28-22-25(13-9-11-18-40)27(14-10-12-19-41)33-29-23-26(44-20-7-2)15-16-31(29)46-36(32,34(28)33)45-21-8-3/h7-8,15-16,22-23,25,27,32-34,40-41H,2-3,6,9-14,17-21,24H2,1,4-5H3,(H,37,42)/t25-,27+,32-,33+,34+,36+/m0/s1. The first-order chi connectivity index (χ1) is 22.4. The largest absolute Gasteiger partial charge is 0.490 e. The number of nitrogens with zero attached hydrogens (tertiary/aromatic N) is 2. The molecular formula is C36H53N3O7. The molecule has 6 atom stereocenters. The van der Waals surface area contributed by atoms with Gasteiger partial charge in [-0.2, -0.15) is 0 Å². The van der Waals surface area contributed by atoms with Crippen LogP contribution in [0.25, 0.3) is 0 Å². The number of amides is 2. The minimum Gasteiger partial charge on any atom is -0.490 e. The molecule has 10 nitrogen and oxygen atoms in total. The van der Waals surface area contributed by atoms with Crippen LogP contribution in [0.4, 0.5) is 4.79 Å². The van der Waals surface area contributed by atoms with E-state index < -0.39 is 11.8 Å². The van der Waals surface area contributed by atoms with Gasteiger partial charge in [-0.15, -0.1) is 6.58 Å². The average molecular weight is 640 g/mol. The monoisotopic (exact) mass is 639 g/mol. The summed E-state index contributed by atoms with van der Waals surface area (Å²) in [6.07, 6.45) is 11.9. The van der Waals surface area contributed by atoms with Crippen molar-refractivity contribution >= 4 is 11.7 Å². The number of carbonyl (C=O) groups is 1. The molecule has 4 rings (SSSR count). The lowest BCUT2D eigenvalue weighted by atomic mass is 9.55. The summed E-state index contributed by atoms with van der Waals surface area (Å²) in [5.74, 6) is 0.0671. The summed E-state index contributed by atoms with van der Waals surface area (Å²) in [5.41, 5.74) is 2.79. The van der Waals surface area contributed by atoms with Gasteiger partial charge in [0.2, 0.25) is 5.79 Å². The highest BCUT2D eigenvalue weighted by Gasteiger charge is 2.65. The Bertz CT molecular complexity index is 1250. The molecule has 1 aromatic carbocycles. The third-order valence-corrected chi connectivity index (χ3v) is 9.53. The van der Waals surface area contributed by atoms with Crippen LogP contribution in [-0.2, 0) is 9.57 Å². The summed E-state index contributed by atoms with van der Waals surface area (Å²) in [4.78, 5) is 20.7. The van der Waals surface area contributed by atoms with E-state index in [-0.39, 0.29) is 49.5 Å². The number of aliphatic hydroxyl groups is 2. The fraction of sp³-hybridized carbons (Fsp3) is 0.611.